The molecule has 0 spiro atoms. The van der Waals surface area contributed by atoms with Crippen LogP contribution in [0.3, 0.4) is 0 Å². The van der Waals surface area contributed by atoms with Crippen LogP contribution in [-0.4, -0.2) is 18.7 Å². The van der Waals surface area contributed by atoms with Crippen molar-refractivity contribution >= 4 is 96.9 Å². The van der Waals surface area contributed by atoms with Gasteiger partial charge in [-0.15, -0.1) is 11.3 Å². The highest BCUT2D eigenvalue weighted by Crippen LogP contribution is 2.47. The molecule has 0 saturated heterocycles. The molecule has 0 amide bonds. The van der Waals surface area contributed by atoms with Gasteiger partial charge in [0, 0.05) is 58.1 Å². The first-order valence-corrected chi connectivity index (χ1v) is 22.0. The summed E-state index contributed by atoms with van der Waals surface area (Å²) in [6.07, 6.45) is 0. The first-order valence-electron chi connectivity index (χ1n) is 25.1. The summed E-state index contributed by atoms with van der Waals surface area (Å²) < 4.78 is 81.2. The Kier molecular flexibility index (Phi) is 6.04. The van der Waals surface area contributed by atoms with Gasteiger partial charge in [0.15, 0.2) is 0 Å². The molecule has 0 aliphatic rings. The molecule has 64 heavy (non-hydrogen) atoms. The van der Waals surface area contributed by atoms with Crippen LogP contribution < -0.4 is 0 Å². The van der Waals surface area contributed by atoms with Crippen LogP contribution in [0.15, 0.2) is 218 Å². The molecule has 0 atom stereocenters. The summed E-state index contributed by atoms with van der Waals surface area (Å²) in [5.41, 5.74) is 8.12. The number of hydrogen-bond acceptors (Lipinski definition) is 2. The average molecular weight is 841 g/mol. The van der Waals surface area contributed by atoms with E-state index >= 15 is 0 Å². The standard InChI is InChI=1S/C59H36N4S/c1-8-26-47-38(17-1)39-18-2-9-27-48(39)61(47)53-32-15-24-44(45-25-16-34-55-59(45)46-23-7-14-33-54(46)64-55)58(53)37-35-56(62-49-28-10-3-19-40(49)41-20-4-11-29-50(41)62)60-57(36-37)63-51-30-12-5-21-42(51)43-22-6-13-31-52(43)63/h1-36H/i3D,5D,10D,12D,19D,21D,28D,30D. The molecule has 0 aliphatic heterocycles. The SMILES string of the molecule is [2H]c1c([2H])c([2H])c2c(c1[2H])c1ccccc1n2-c1cc(-c2c(-c3cccc4sc5ccccc5c34)cccc2-n2c3ccccc3c3ccccc32)cc(-n2c3ccccc3c3c([2H])c([2H])c([2H])c([2H])c32)n1. The normalized spacial score (nSPS) is 13.8. The quantitative estimate of drug-likeness (QED) is 0.170. The Morgan fingerprint density at radius 3 is 1.42 bits per heavy atom. The maximum Gasteiger partial charge on any atom is 0.140 e. The largest absolute Gasteiger partial charge is 0.309 e. The highest BCUT2D eigenvalue weighted by Gasteiger charge is 2.24. The summed E-state index contributed by atoms with van der Waals surface area (Å²) in [6, 6.07) is 54.9. The van der Waals surface area contributed by atoms with Crippen LogP contribution in [0.4, 0.5) is 0 Å². The van der Waals surface area contributed by atoms with Crippen LogP contribution in [0.2, 0.25) is 0 Å². The topological polar surface area (TPSA) is 27.7 Å². The monoisotopic (exact) mass is 840 g/mol. The van der Waals surface area contributed by atoms with Gasteiger partial charge in [-0.25, -0.2) is 4.98 Å². The fraction of sp³-hybridized carbons (Fsp3) is 0. The van der Waals surface area contributed by atoms with Crippen LogP contribution >= 0.6 is 11.3 Å². The van der Waals surface area contributed by atoms with Crippen LogP contribution in [0.5, 0.6) is 0 Å². The molecule has 5 heterocycles. The van der Waals surface area contributed by atoms with Crippen molar-refractivity contribution in [1.82, 2.24) is 18.7 Å². The molecular weight excluding hydrogens is 797 g/mol. The Morgan fingerprint density at radius 1 is 0.375 bits per heavy atom. The maximum absolute atomic E-state index is 9.49. The maximum atomic E-state index is 9.49. The van der Waals surface area contributed by atoms with E-state index in [-0.39, 0.29) is 59.4 Å². The fourth-order valence-corrected chi connectivity index (χ4v) is 11.3. The van der Waals surface area contributed by atoms with Gasteiger partial charge >= 0.3 is 0 Å². The van der Waals surface area contributed by atoms with Crippen molar-refractivity contribution in [2.45, 2.75) is 0 Å². The molecule has 298 valence electrons. The Hall–Kier alpha value is -8.25. The van der Waals surface area contributed by atoms with Crippen molar-refractivity contribution in [3.05, 3.63) is 218 Å². The molecule has 4 nitrogen and oxygen atoms in total. The molecule has 5 aromatic heterocycles. The Bertz CT molecular complexity index is 4490. The lowest BCUT2D eigenvalue weighted by molar-refractivity contribution is 1.01. The number of pyridine rings is 1. The summed E-state index contributed by atoms with van der Waals surface area (Å²) >= 11 is 1.75. The molecule has 14 rings (SSSR count). The molecule has 14 aromatic rings. The number of para-hydroxylation sites is 6. The third-order valence-electron chi connectivity index (χ3n) is 12.7. The van der Waals surface area contributed by atoms with Gasteiger partial charge in [0.25, 0.3) is 0 Å². The zero-order chi connectivity index (χ0) is 48.8. The second kappa shape index (κ2) is 13.6. The Labute approximate surface area is 383 Å². The fourth-order valence-electron chi connectivity index (χ4n) is 10.1. The van der Waals surface area contributed by atoms with Crippen molar-refractivity contribution in [3.63, 3.8) is 0 Å². The summed E-state index contributed by atoms with van der Waals surface area (Å²) in [7, 11) is 0. The minimum Gasteiger partial charge on any atom is -0.309 e. The average Bonchev–Trinajstić information content (AvgIpc) is 4.17. The van der Waals surface area contributed by atoms with Crippen molar-refractivity contribution in [2.75, 3.05) is 0 Å². The third-order valence-corrected chi connectivity index (χ3v) is 13.8. The molecular formula is C59H36N4S. The van der Waals surface area contributed by atoms with Gasteiger partial charge in [-0.1, -0.05) is 152 Å². The lowest BCUT2D eigenvalue weighted by Gasteiger charge is -2.21. The molecule has 0 saturated carbocycles. The van der Waals surface area contributed by atoms with Crippen molar-refractivity contribution in [3.8, 4) is 39.6 Å². The van der Waals surface area contributed by atoms with Crippen LogP contribution in [-0.2, 0) is 0 Å². The minimum absolute atomic E-state index is 0.161. The highest BCUT2D eigenvalue weighted by molar-refractivity contribution is 7.25. The van der Waals surface area contributed by atoms with Gasteiger partial charge in [0.2, 0.25) is 0 Å². The van der Waals surface area contributed by atoms with E-state index in [1.807, 2.05) is 69.8 Å². The van der Waals surface area contributed by atoms with E-state index in [9.17, 15) is 5.48 Å². The van der Waals surface area contributed by atoms with E-state index in [4.69, 9.17) is 10.5 Å². The van der Waals surface area contributed by atoms with Gasteiger partial charge in [-0.05, 0) is 83.4 Å². The van der Waals surface area contributed by atoms with Gasteiger partial charge in [-0.3, -0.25) is 9.13 Å². The number of thiophene rings is 1. The number of aromatic nitrogens is 4. The molecule has 9 aromatic carbocycles. The zero-order valence-corrected chi connectivity index (χ0v) is 34.7. The zero-order valence-electron chi connectivity index (χ0n) is 41.9. The van der Waals surface area contributed by atoms with Gasteiger partial charge < -0.3 is 4.57 Å². The number of fused-ring (bicyclic) bond motifs is 12. The highest BCUT2D eigenvalue weighted by atomic mass is 32.1. The number of hydrogen-bond donors (Lipinski definition) is 0. The van der Waals surface area contributed by atoms with Gasteiger partial charge in [0.05, 0.1) is 49.8 Å². The summed E-state index contributed by atoms with van der Waals surface area (Å²) in [4.78, 5) is 5.48. The molecule has 5 heteroatoms. The van der Waals surface area contributed by atoms with E-state index in [2.05, 4.69) is 114 Å². The smallest absolute Gasteiger partial charge is 0.140 e. The number of benzene rings is 9. The predicted octanol–water partition coefficient (Wildman–Crippen LogP) is 16.1. The Balaban J connectivity index is 1.21. The second-order valence-electron chi connectivity index (χ2n) is 16.1. The minimum atomic E-state index is -0.374. The first-order chi connectivity index (χ1) is 35.1. The molecule has 0 radical (unpaired) electrons. The van der Waals surface area contributed by atoms with Gasteiger partial charge in [0.1, 0.15) is 11.6 Å². The lowest BCUT2D eigenvalue weighted by atomic mass is 9.90. The van der Waals surface area contributed by atoms with Crippen LogP contribution in [0.25, 0.3) is 125 Å². The molecule has 0 aliphatic carbocycles. The van der Waals surface area contributed by atoms with Crippen LogP contribution in [0, 0.1) is 0 Å². The Morgan fingerprint density at radius 2 is 0.828 bits per heavy atom. The molecule has 0 unspecified atom stereocenters. The molecule has 0 fully saturated rings. The van der Waals surface area contributed by atoms with Gasteiger partial charge in [-0.2, -0.15) is 0 Å². The van der Waals surface area contributed by atoms with E-state index in [0.717, 1.165) is 59.7 Å². The predicted molar refractivity (Wildman–Crippen MR) is 271 cm³/mol. The summed E-state index contributed by atoms with van der Waals surface area (Å²) in [5, 5.41) is 6.40. The van der Waals surface area contributed by atoms with E-state index in [1.165, 1.54) is 4.70 Å². The summed E-state index contributed by atoms with van der Waals surface area (Å²) in [6.45, 7) is 0. The molecule has 0 bridgehead atoms. The second-order valence-corrected chi connectivity index (χ2v) is 17.2. The van der Waals surface area contributed by atoms with Crippen molar-refractivity contribution < 1.29 is 11.0 Å². The first kappa shape index (κ1) is 28.4. The summed E-state index contributed by atoms with van der Waals surface area (Å²) in [5.74, 6) is 0.681. The number of rotatable bonds is 5. The molecule has 0 N–H and O–H groups in total. The van der Waals surface area contributed by atoms with Crippen LogP contribution in [0.1, 0.15) is 11.0 Å². The van der Waals surface area contributed by atoms with Crippen molar-refractivity contribution in [1.29, 1.82) is 0 Å². The van der Waals surface area contributed by atoms with Crippen molar-refractivity contribution in [2.24, 2.45) is 0 Å². The van der Waals surface area contributed by atoms with E-state index in [0.29, 0.717) is 49.8 Å². The third kappa shape index (κ3) is 5.01. The van der Waals surface area contributed by atoms with E-state index in [1.54, 1.807) is 11.3 Å². The number of nitrogens with zero attached hydrogens (tertiary/aromatic N) is 4. The van der Waals surface area contributed by atoms with E-state index < -0.39 is 0 Å². The lowest BCUT2D eigenvalue weighted by Crippen LogP contribution is -2.06.